The minimum absolute atomic E-state index is 0.101. The van der Waals surface area contributed by atoms with E-state index in [1.54, 1.807) is 6.92 Å². The normalized spacial score (nSPS) is 11.4. The van der Waals surface area contributed by atoms with Gasteiger partial charge in [0.15, 0.2) is 5.78 Å². The molecule has 3 nitrogen and oxygen atoms in total. The molecule has 0 spiro atoms. The second kappa shape index (κ2) is 5.84. The first kappa shape index (κ1) is 14.5. The van der Waals surface area contributed by atoms with Crippen molar-refractivity contribution in [3.05, 3.63) is 23.9 Å². The van der Waals surface area contributed by atoms with Gasteiger partial charge in [0.05, 0.1) is 5.56 Å². The molecule has 0 saturated heterocycles. The number of pyridine rings is 1. The lowest BCUT2D eigenvalue weighted by atomic mass is 10.1. The number of carbonyl (C=O) groups excluding carboxylic acids is 1. The summed E-state index contributed by atoms with van der Waals surface area (Å²) >= 11 is 0. The van der Waals surface area contributed by atoms with E-state index in [2.05, 4.69) is 4.98 Å². The largest absolute Gasteiger partial charge is 0.405 e. The van der Waals surface area contributed by atoms with Crippen LogP contribution in [0, 0.1) is 0 Å². The molecule has 100 valence electrons. The Morgan fingerprint density at radius 2 is 2.11 bits per heavy atom. The van der Waals surface area contributed by atoms with Gasteiger partial charge in [-0.25, -0.2) is 4.98 Å². The summed E-state index contributed by atoms with van der Waals surface area (Å²) in [6.07, 6.45) is -2.38. The van der Waals surface area contributed by atoms with E-state index in [0.717, 1.165) is 4.90 Å². The monoisotopic (exact) mass is 260 g/mol. The number of hydrogen-bond acceptors (Lipinski definition) is 3. The highest BCUT2D eigenvalue weighted by molar-refractivity contribution is 5.98. The number of nitrogens with zero attached hydrogens (tertiary/aromatic N) is 2. The number of rotatable bonds is 5. The summed E-state index contributed by atoms with van der Waals surface area (Å²) in [6, 6.07) is 3.03. The molecule has 0 aromatic carbocycles. The van der Waals surface area contributed by atoms with Crippen LogP contribution >= 0.6 is 0 Å². The number of carbonyl (C=O) groups is 1. The van der Waals surface area contributed by atoms with E-state index in [-0.39, 0.29) is 23.7 Å². The Morgan fingerprint density at radius 1 is 1.44 bits per heavy atom. The van der Waals surface area contributed by atoms with Gasteiger partial charge >= 0.3 is 6.18 Å². The van der Waals surface area contributed by atoms with Crippen LogP contribution in [0.3, 0.4) is 0 Å². The zero-order chi connectivity index (χ0) is 13.8. The Balaban J connectivity index is 3.09. The number of aromatic nitrogens is 1. The molecule has 6 heteroatoms. The average molecular weight is 260 g/mol. The molecule has 1 aromatic rings. The fourth-order valence-corrected chi connectivity index (χ4v) is 1.67. The van der Waals surface area contributed by atoms with Crippen LogP contribution < -0.4 is 4.90 Å². The Bertz CT molecular complexity index is 418. The van der Waals surface area contributed by atoms with Crippen LogP contribution in [0.1, 0.15) is 30.6 Å². The Labute approximate surface area is 104 Å². The third-order valence-electron chi connectivity index (χ3n) is 2.33. The molecule has 0 fully saturated rings. The van der Waals surface area contributed by atoms with Gasteiger partial charge in [0.2, 0.25) is 0 Å². The van der Waals surface area contributed by atoms with Crippen LogP contribution in [0.2, 0.25) is 0 Å². The van der Waals surface area contributed by atoms with Gasteiger partial charge in [0.25, 0.3) is 0 Å². The minimum Gasteiger partial charge on any atom is -0.347 e. The lowest BCUT2D eigenvalue weighted by Gasteiger charge is -2.25. The molecule has 1 rings (SSSR count). The van der Waals surface area contributed by atoms with E-state index >= 15 is 0 Å². The van der Waals surface area contributed by atoms with Gasteiger partial charge < -0.3 is 4.90 Å². The van der Waals surface area contributed by atoms with Crippen molar-refractivity contribution in [1.29, 1.82) is 0 Å². The lowest BCUT2D eigenvalue weighted by molar-refractivity contribution is -0.119. The Morgan fingerprint density at radius 3 is 2.61 bits per heavy atom. The summed E-state index contributed by atoms with van der Waals surface area (Å²) in [4.78, 5) is 16.4. The van der Waals surface area contributed by atoms with Gasteiger partial charge in [0, 0.05) is 12.7 Å². The summed E-state index contributed by atoms with van der Waals surface area (Å²) in [5.74, 6) is -0.189. The molecule has 0 aliphatic rings. The summed E-state index contributed by atoms with van der Waals surface area (Å²) in [7, 11) is 0. The minimum atomic E-state index is -4.32. The van der Waals surface area contributed by atoms with Gasteiger partial charge in [-0.1, -0.05) is 6.92 Å². The SMILES string of the molecule is CCCN(CC(F)(F)F)c1ncccc1C(C)=O. The highest BCUT2D eigenvalue weighted by Gasteiger charge is 2.32. The van der Waals surface area contributed by atoms with Crippen molar-refractivity contribution in [2.45, 2.75) is 26.4 Å². The standard InChI is InChI=1S/C12H15F3N2O/c1-3-7-17(8-12(13,14)15)11-10(9(2)18)5-4-6-16-11/h4-6H,3,7-8H2,1-2H3. The molecule has 0 bridgehead atoms. The second-order valence-corrected chi connectivity index (χ2v) is 3.97. The molecule has 0 unspecified atom stereocenters. The fraction of sp³-hybridized carbons (Fsp3) is 0.500. The maximum Gasteiger partial charge on any atom is 0.405 e. The summed E-state index contributed by atoms with van der Waals surface area (Å²) < 4.78 is 37.5. The molecule has 1 aromatic heterocycles. The van der Waals surface area contributed by atoms with E-state index in [1.165, 1.54) is 25.3 Å². The number of Topliss-reactive ketones (excluding diaryl/α,β-unsaturated/α-hetero) is 1. The van der Waals surface area contributed by atoms with Crippen LogP contribution in [-0.4, -0.2) is 30.0 Å². The molecule has 0 amide bonds. The molecule has 0 atom stereocenters. The molecular formula is C12H15F3N2O. The van der Waals surface area contributed by atoms with Crippen LogP contribution in [0.4, 0.5) is 19.0 Å². The number of alkyl halides is 3. The van der Waals surface area contributed by atoms with Crippen LogP contribution in [0.25, 0.3) is 0 Å². The van der Waals surface area contributed by atoms with Crippen LogP contribution in [0.15, 0.2) is 18.3 Å². The van der Waals surface area contributed by atoms with E-state index in [1.807, 2.05) is 0 Å². The maximum atomic E-state index is 12.5. The zero-order valence-electron chi connectivity index (χ0n) is 10.3. The highest BCUT2D eigenvalue weighted by Crippen LogP contribution is 2.23. The van der Waals surface area contributed by atoms with Gasteiger partial charge in [-0.15, -0.1) is 0 Å². The van der Waals surface area contributed by atoms with Crippen LogP contribution in [-0.2, 0) is 0 Å². The highest BCUT2D eigenvalue weighted by atomic mass is 19.4. The first-order valence-corrected chi connectivity index (χ1v) is 5.62. The number of anilines is 1. The van der Waals surface area contributed by atoms with E-state index in [4.69, 9.17) is 0 Å². The summed E-state index contributed by atoms with van der Waals surface area (Å²) in [5, 5.41) is 0. The van der Waals surface area contributed by atoms with Crippen molar-refractivity contribution in [3.63, 3.8) is 0 Å². The lowest BCUT2D eigenvalue weighted by Crippen LogP contribution is -2.36. The predicted molar refractivity (Wildman–Crippen MR) is 62.8 cm³/mol. The smallest absolute Gasteiger partial charge is 0.347 e. The molecule has 1 heterocycles. The van der Waals surface area contributed by atoms with Crippen LogP contribution in [0.5, 0.6) is 0 Å². The van der Waals surface area contributed by atoms with Gasteiger partial charge in [0.1, 0.15) is 12.4 Å². The van der Waals surface area contributed by atoms with E-state index in [0.29, 0.717) is 6.42 Å². The first-order chi connectivity index (χ1) is 8.35. The van der Waals surface area contributed by atoms with Gasteiger partial charge in [-0.05, 0) is 25.5 Å². The Kier molecular flexibility index (Phi) is 4.69. The van der Waals surface area contributed by atoms with Crippen molar-refractivity contribution in [2.24, 2.45) is 0 Å². The van der Waals surface area contributed by atoms with Crippen molar-refractivity contribution in [3.8, 4) is 0 Å². The second-order valence-electron chi connectivity index (χ2n) is 3.97. The Hall–Kier alpha value is -1.59. The molecular weight excluding hydrogens is 245 g/mol. The third kappa shape index (κ3) is 4.01. The molecule has 0 radical (unpaired) electrons. The van der Waals surface area contributed by atoms with Crippen molar-refractivity contribution in [2.75, 3.05) is 18.0 Å². The third-order valence-corrected chi connectivity index (χ3v) is 2.33. The summed E-state index contributed by atoms with van der Waals surface area (Å²) in [5.41, 5.74) is 0.218. The summed E-state index contributed by atoms with van der Waals surface area (Å²) in [6.45, 7) is 2.20. The molecule has 0 aliphatic heterocycles. The van der Waals surface area contributed by atoms with E-state index < -0.39 is 12.7 Å². The quantitative estimate of drug-likeness (QED) is 0.763. The van der Waals surface area contributed by atoms with Gasteiger partial charge in [-0.2, -0.15) is 13.2 Å². The topological polar surface area (TPSA) is 33.2 Å². The number of halogens is 3. The number of hydrogen-bond donors (Lipinski definition) is 0. The van der Waals surface area contributed by atoms with Crippen molar-refractivity contribution in [1.82, 2.24) is 4.98 Å². The predicted octanol–water partition coefficient (Wildman–Crippen LogP) is 3.06. The molecule has 18 heavy (non-hydrogen) atoms. The average Bonchev–Trinajstić information content (AvgIpc) is 2.26. The first-order valence-electron chi connectivity index (χ1n) is 5.62. The van der Waals surface area contributed by atoms with Crippen molar-refractivity contribution < 1.29 is 18.0 Å². The molecule has 0 aliphatic carbocycles. The maximum absolute atomic E-state index is 12.5. The zero-order valence-corrected chi connectivity index (χ0v) is 10.3. The molecule has 0 N–H and O–H groups in total. The molecule has 0 saturated carbocycles. The van der Waals surface area contributed by atoms with E-state index in [9.17, 15) is 18.0 Å². The fourth-order valence-electron chi connectivity index (χ4n) is 1.67. The van der Waals surface area contributed by atoms with Crippen molar-refractivity contribution >= 4 is 11.6 Å². The van der Waals surface area contributed by atoms with Gasteiger partial charge in [-0.3, -0.25) is 4.79 Å². The number of ketones is 1.